The Morgan fingerprint density at radius 3 is 3.00 bits per heavy atom. The van der Waals surface area contributed by atoms with Crippen LogP contribution in [0.5, 0.6) is 0 Å². The van der Waals surface area contributed by atoms with Gasteiger partial charge in [-0.2, -0.15) is 0 Å². The number of hydrogen-bond donors (Lipinski definition) is 1. The second-order valence-electron chi connectivity index (χ2n) is 4.92. The number of carbonyl (C=O) groups is 2. The Kier molecular flexibility index (Phi) is 5.31. The van der Waals surface area contributed by atoms with Crippen LogP contribution in [0, 0.1) is 0 Å². The number of hydrogen-bond acceptors (Lipinski definition) is 4. The molecule has 0 fully saturated rings. The predicted molar refractivity (Wildman–Crippen MR) is 79.6 cm³/mol. The van der Waals surface area contributed by atoms with Gasteiger partial charge < -0.3 is 10.1 Å². The number of ether oxygens (including phenoxy) is 1. The fourth-order valence-corrected chi connectivity index (χ4v) is 2.76. The highest BCUT2D eigenvalue weighted by Gasteiger charge is 2.26. The Morgan fingerprint density at radius 2 is 2.25 bits per heavy atom. The number of Topliss-reactive ketones (excluding diaryl/α,β-unsaturated/α-hetero) is 1. The molecule has 5 heteroatoms. The average molecular weight is 340 g/mol. The lowest BCUT2D eigenvalue weighted by molar-refractivity contribution is -0.140. The van der Waals surface area contributed by atoms with Gasteiger partial charge in [-0.1, -0.05) is 28.4 Å². The number of nitrogens with one attached hydrogen (secondary N) is 1. The molecule has 1 atom stereocenters. The van der Waals surface area contributed by atoms with Gasteiger partial charge in [0.1, 0.15) is 0 Å². The van der Waals surface area contributed by atoms with E-state index >= 15 is 0 Å². The van der Waals surface area contributed by atoms with Gasteiger partial charge in [0, 0.05) is 23.0 Å². The third kappa shape index (κ3) is 3.67. The largest absolute Gasteiger partial charge is 0.469 e. The maximum absolute atomic E-state index is 12.4. The van der Waals surface area contributed by atoms with Gasteiger partial charge in [0.15, 0.2) is 5.78 Å². The molecule has 0 saturated carbocycles. The Hall–Kier alpha value is -1.20. The molecule has 0 bridgehead atoms. The van der Waals surface area contributed by atoms with E-state index in [4.69, 9.17) is 0 Å². The van der Waals surface area contributed by atoms with Crippen molar-refractivity contribution in [2.45, 2.75) is 38.3 Å². The second-order valence-corrected chi connectivity index (χ2v) is 5.84. The van der Waals surface area contributed by atoms with Crippen LogP contribution >= 0.6 is 15.9 Å². The number of methoxy groups -OCH3 is 1. The molecule has 1 aromatic carbocycles. The molecule has 1 unspecified atom stereocenters. The van der Waals surface area contributed by atoms with E-state index in [1.54, 1.807) is 0 Å². The molecule has 0 spiro atoms. The molecule has 1 heterocycles. The molecule has 20 heavy (non-hydrogen) atoms. The first-order valence-corrected chi connectivity index (χ1v) is 7.54. The van der Waals surface area contributed by atoms with E-state index in [1.807, 2.05) is 18.2 Å². The summed E-state index contributed by atoms with van der Waals surface area (Å²) < 4.78 is 5.52. The van der Waals surface area contributed by atoms with Gasteiger partial charge >= 0.3 is 5.97 Å². The summed E-state index contributed by atoms with van der Waals surface area (Å²) in [4.78, 5) is 23.4. The number of fused-ring (bicyclic) bond motifs is 1. The Labute approximate surface area is 127 Å². The van der Waals surface area contributed by atoms with Gasteiger partial charge in [-0.3, -0.25) is 9.59 Å². The molecule has 2 rings (SSSR count). The monoisotopic (exact) mass is 339 g/mol. The maximum Gasteiger partial charge on any atom is 0.305 e. The summed E-state index contributed by atoms with van der Waals surface area (Å²) in [5.41, 5.74) is 1.85. The van der Waals surface area contributed by atoms with Crippen molar-refractivity contribution in [2.24, 2.45) is 0 Å². The molecule has 1 aliphatic heterocycles. The lowest BCUT2D eigenvalue weighted by Crippen LogP contribution is -2.41. The van der Waals surface area contributed by atoms with E-state index in [1.165, 1.54) is 7.11 Å². The van der Waals surface area contributed by atoms with Gasteiger partial charge in [-0.05, 0) is 30.5 Å². The van der Waals surface area contributed by atoms with Crippen LogP contribution in [0.4, 0.5) is 0 Å². The van der Waals surface area contributed by atoms with Crippen LogP contribution < -0.4 is 5.32 Å². The first-order valence-electron chi connectivity index (χ1n) is 6.74. The lowest BCUT2D eigenvalue weighted by Gasteiger charge is -2.25. The van der Waals surface area contributed by atoms with Crippen LogP contribution in [0.15, 0.2) is 22.7 Å². The summed E-state index contributed by atoms with van der Waals surface area (Å²) in [6, 6.07) is 5.66. The first-order chi connectivity index (χ1) is 9.61. The minimum absolute atomic E-state index is 0.144. The van der Waals surface area contributed by atoms with Crippen LogP contribution in [-0.2, 0) is 16.1 Å². The molecule has 1 aliphatic rings. The highest BCUT2D eigenvalue weighted by molar-refractivity contribution is 9.10. The summed E-state index contributed by atoms with van der Waals surface area (Å²) >= 11 is 3.40. The fourth-order valence-electron chi connectivity index (χ4n) is 2.40. The topological polar surface area (TPSA) is 55.4 Å². The normalized spacial score (nSPS) is 17.7. The summed E-state index contributed by atoms with van der Waals surface area (Å²) in [5.74, 6) is -0.0483. The fraction of sp³-hybridized carbons (Fsp3) is 0.467. The Balaban J connectivity index is 1.89. The smallest absolute Gasteiger partial charge is 0.305 e. The van der Waals surface area contributed by atoms with Crippen molar-refractivity contribution in [1.82, 2.24) is 5.32 Å². The SMILES string of the molecule is COC(=O)CCCCC1NCc2ccc(Br)cc2C1=O. The third-order valence-electron chi connectivity index (χ3n) is 3.54. The third-order valence-corrected chi connectivity index (χ3v) is 4.04. The average Bonchev–Trinajstić information content (AvgIpc) is 2.46. The quantitative estimate of drug-likeness (QED) is 0.662. The van der Waals surface area contributed by atoms with Gasteiger partial charge in [0.25, 0.3) is 0 Å². The molecular weight excluding hydrogens is 322 g/mol. The van der Waals surface area contributed by atoms with Crippen molar-refractivity contribution in [1.29, 1.82) is 0 Å². The Morgan fingerprint density at radius 1 is 1.45 bits per heavy atom. The minimum atomic E-state index is -0.192. The molecule has 4 nitrogen and oxygen atoms in total. The van der Waals surface area contributed by atoms with E-state index in [0.717, 1.165) is 41.4 Å². The second kappa shape index (κ2) is 6.99. The Bertz CT molecular complexity index is 516. The molecule has 0 radical (unpaired) electrons. The molecule has 0 aromatic heterocycles. The zero-order valence-electron chi connectivity index (χ0n) is 11.4. The molecule has 0 saturated heterocycles. The number of ketones is 1. The zero-order valence-corrected chi connectivity index (χ0v) is 13.0. The molecule has 1 N–H and O–H groups in total. The van der Waals surface area contributed by atoms with Crippen molar-refractivity contribution in [2.75, 3.05) is 7.11 Å². The van der Waals surface area contributed by atoms with E-state index < -0.39 is 0 Å². The number of rotatable bonds is 5. The van der Waals surface area contributed by atoms with E-state index in [9.17, 15) is 9.59 Å². The van der Waals surface area contributed by atoms with Gasteiger partial charge in [0.05, 0.1) is 13.2 Å². The van der Waals surface area contributed by atoms with Gasteiger partial charge in [-0.15, -0.1) is 0 Å². The minimum Gasteiger partial charge on any atom is -0.469 e. The molecule has 0 amide bonds. The number of benzene rings is 1. The summed E-state index contributed by atoms with van der Waals surface area (Å²) in [7, 11) is 1.39. The number of carbonyl (C=O) groups excluding carboxylic acids is 2. The molecule has 1 aromatic rings. The highest BCUT2D eigenvalue weighted by Crippen LogP contribution is 2.23. The predicted octanol–water partition coefficient (Wildman–Crippen LogP) is 2.84. The highest BCUT2D eigenvalue weighted by atomic mass is 79.9. The lowest BCUT2D eigenvalue weighted by atomic mass is 9.91. The van der Waals surface area contributed by atoms with Gasteiger partial charge in [0.2, 0.25) is 0 Å². The molecule has 108 valence electrons. The van der Waals surface area contributed by atoms with Crippen LogP contribution in [0.2, 0.25) is 0 Å². The van der Waals surface area contributed by atoms with Crippen molar-refractivity contribution in [3.05, 3.63) is 33.8 Å². The van der Waals surface area contributed by atoms with Crippen molar-refractivity contribution >= 4 is 27.7 Å². The standard InChI is InChI=1S/C15H18BrNO3/c1-20-14(18)5-3-2-4-13-15(19)12-8-11(16)7-6-10(12)9-17-13/h6-8,13,17H,2-5,9H2,1H3. The van der Waals surface area contributed by atoms with Crippen LogP contribution in [0.25, 0.3) is 0 Å². The van der Waals surface area contributed by atoms with Crippen molar-refractivity contribution < 1.29 is 14.3 Å². The number of halogens is 1. The van der Waals surface area contributed by atoms with E-state index in [0.29, 0.717) is 6.42 Å². The van der Waals surface area contributed by atoms with Crippen LogP contribution in [0.1, 0.15) is 41.6 Å². The number of unbranched alkanes of at least 4 members (excludes halogenated alkanes) is 1. The zero-order chi connectivity index (χ0) is 14.5. The van der Waals surface area contributed by atoms with Crippen molar-refractivity contribution in [3.63, 3.8) is 0 Å². The van der Waals surface area contributed by atoms with E-state index in [2.05, 4.69) is 26.0 Å². The van der Waals surface area contributed by atoms with Crippen LogP contribution in [-0.4, -0.2) is 24.9 Å². The first kappa shape index (κ1) is 15.2. The van der Waals surface area contributed by atoms with Crippen LogP contribution in [0.3, 0.4) is 0 Å². The van der Waals surface area contributed by atoms with Gasteiger partial charge in [-0.25, -0.2) is 0 Å². The summed E-state index contributed by atoms with van der Waals surface area (Å²) in [6.45, 7) is 0.718. The summed E-state index contributed by atoms with van der Waals surface area (Å²) in [6.07, 6.45) is 2.76. The number of esters is 1. The van der Waals surface area contributed by atoms with E-state index in [-0.39, 0.29) is 17.8 Å². The maximum atomic E-state index is 12.4. The molecular formula is C15H18BrNO3. The molecule has 0 aliphatic carbocycles. The van der Waals surface area contributed by atoms with Crippen molar-refractivity contribution in [3.8, 4) is 0 Å². The summed E-state index contributed by atoms with van der Waals surface area (Å²) in [5, 5.41) is 3.27.